The number of nitrogens with zero attached hydrogens (tertiary/aromatic N) is 2. The first-order valence-electron chi connectivity index (χ1n) is 7.24. The van der Waals surface area contributed by atoms with E-state index in [1.807, 2.05) is 12.3 Å². The zero-order chi connectivity index (χ0) is 14.7. The Morgan fingerprint density at radius 2 is 1.76 bits per heavy atom. The summed E-state index contributed by atoms with van der Waals surface area (Å²) in [6.45, 7) is 4.32. The summed E-state index contributed by atoms with van der Waals surface area (Å²) in [5, 5.41) is 0.969. The summed E-state index contributed by atoms with van der Waals surface area (Å²) in [5.41, 5.74) is 5.33. The van der Waals surface area contributed by atoms with Crippen molar-refractivity contribution in [1.82, 2.24) is 15.0 Å². The van der Waals surface area contributed by atoms with Gasteiger partial charge in [-0.3, -0.25) is 0 Å². The maximum atomic E-state index is 4.30. The van der Waals surface area contributed by atoms with Crippen molar-refractivity contribution in [2.75, 3.05) is 0 Å². The zero-order valence-electron chi connectivity index (χ0n) is 12.3. The lowest BCUT2D eigenvalue weighted by Gasteiger charge is -2.06. The first kappa shape index (κ1) is 13.4. The largest absolute Gasteiger partial charge is 0.346 e. The standard InChI is InChI=1S/C18H17N3/c1-3-13-6-5-7-14(4-2)15(13)8-9-17-16-10-11-19-18(16)21-12-20-17/h5-7,10-12H,3-4H2,1-2H3,(H,19,20,21). The number of nitrogens with one attached hydrogen (secondary N) is 1. The number of H-pyrrole nitrogens is 1. The summed E-state index contributed by atoms with van der Waals surface area (Å²) in [6.07, 6.45) is 5.39. The van der Waals surface area contributed by atoms with E-state index in [-0.39, 0.29) is 0 Å². The van der Waals surface area contributed by atoms with Gasteiger partial charge in [-0.1, -0.05) is 38.0 Å². The van der Waals surface area contributed by atoms with Gasteiger partial charge in [-0.25, -0.2) is 9.97 Å². The minimum absolute atomic E-state index is 0.772. The van der Waals surface area contributed by atoms with E-state index < -0.39 is 0 Å². The summed E-state index contributed by atoms with van der Waals surface area (Å²) >= 11 is 0. The quantitative estimate of drug-likeness (QED) is 0.727. The molecular formula is C18H17N3. The fraction of sp³-hybridized carbons (Fsp3) is 0.222. The molecule has 0 fully saturated rings. The molecule has 2 aromatic heterocycles. The highest BCUT2D eigenvalue weighted by Gasteiger charge is 2.04. The average molecular weight is 275 g/mol. The van der Waals surface area contributed by atoms with Crippen LogP contribution in [0.5, 0.6) is 0 Å². The molecule has 0 saturated carbocycles. The predicted molar refractivity (Wildman–Crippen MR) is 85.1 cm³/mol. The molecule has 1 N–H and O–H groups in total. The van der Waals surface area contributed by atoms with Gasteiger partial charge in [-0.05, 0) is 36.0 Å². The van der Waals surface area contributed by atoms with Crippen LogP contribution < -0.4 is 0 Å². The van der Waals surface area contributed by atoms with Crippen molar-refractivity contribution in [3.63, 3.8) is 0 Å². The van der Waals surface area contributed by atoms with Crippen LogP contribution >= 0.6 is 0 Å². The second kappa shape index (κ2) is 5.80. The van der Waals surface area contributed by atoms with Gasteiger partial charge in [0.15, 0.2) is 0 Å². The predicted octanol–water partition coefficient (Wildman–Crippen LogP) is 3.48. The van der Waals surface area contributed by atoms with E-state index in [1.54, 1.807) is 6.33 Å². The third kappa shape index (κ3) is 2.53. The van der Waals surface area contributed by atoms with Crippen molar-refractivity contribution in [2.24, 2.45) is 0 Å². The van der Waals surface area contributed by atoms with Crippen molar-refractivity contribution < 1.29 is 0 Å². The van der Waals surface area contributed by atoms with Crippen molar-refractivity contribution in [1.29, 1.82) is 0 Å². The van der Waals surface area contributed by atoms with E-state index in [4.69, 9.17) is 0 Å². The highest BCUT2D eigenvalue weighted by molar-refractivity contribution is 5.80. The lowest BCUT2D eigenvalue weighted by molar-refractivity contribution is 1.07. The second-order valence-corrected chi connectivity index (χ2v) is 4.87. The minimum Gasteiger partial charge on any atom is -0.346 e. The number of hydrogen-bond acceptors (Lipinski definition) is 2. The number of aryl methyl sites for hydroxylation is 2. The number of aromatic nitrogens is 3. The number of hydrogen-bond donors (Lipinski definition) is 1. The fourth-order valence-corrected chi connectivity index (χ4v) is 2.50. The maximum absolute atomic E-state index is 4.30. The van der Waals surface area contributed by atoms with Gasteiger partial charge >= 0.3 is 0 Å². The highest BCUT2D eigenvalue weighted by Crippen LogP contribution is 2.16. The molecule has 0 saturated heterocycles. The Morgan fingerprint density at radius 1 is 1.00 bits per heavy atom. The van der Waals surface area contributed by atoms with Gasteiger partial charge in [0.05, 0.1) is 5.39 Å². The Balaban J connectivity index is 2.11. The minimum atomic E-state index is 0.772. The lowest BCUT2D eigenvalue weighted by atomic mass is 9.98. The summed E-state index contributed by atoms with van der Waals surface area (Å²) in [4.78, 5) is 11.6. The molecule has 3 nitrogen and oxygen atoms in total. The van der Waals surface area contributed by atoms with Crippen LogP contribution in [0.4, 0.5) is 0 Å². The number of aromatic amines is 1. The van der Waals surface area contributed by atoms with Crippen LogP contribution in [0, 0.1) is 11.8 Å². The van der Waals surface area contributed by atoms with Crippen molar-refractivity contribution in [2.45, 2.75) is 26.7 Å². The molecule has 0 spiro atoms. The average Bonchev–Trinajstić information content (AvgIpc) is 3.01. The van der Waals surface area contributed by atoms with Gasteiger partial charge in [-0.15, -0.1) is 0 Å². The molecule has 3 aromatic rings. The van der Waals surface area contributed by atoms with Crippen molar-refractivity contribution >= 4 is 11.0 Å². The molecule has 0 radical (unpaired) electrons. The van der Waals surface area contributed by atoms with Crippen LogP contribution in [0.25, 0.3) is 11.0 Å². The molecule has 0 bridgehead atoms. The van der Waals surface area contributed by atoms with Gasteiger partial charge < -0.3 is 4.98 Å². The van der Waals surface area contributed by atoms with Gasteiger partial charge in [0.1, 0.15) is 17.7 Å². The van der Waals surface area contributed by atoms with Crippen LogP contribution in [-0.2, 0) is 12.8 Å². The molecule has 0 unspecified atom stereocenters. The Bertz CT molecular complexity index is 812. The molecule has 2 heterocycles. The van der Waals surface area contributed by atoms with Crippen LogP contribution in [0.1, 0.15) is 36.2 Å². The molecule has 0 aliphatic rings. The summed E-state index contributed by atoms with van der Waals surface area (Å²) in [6, 6.07) is 8.37. The summed E-state index contributed by atoms with van der Waals surface area (Å²) in [7, 11) is 0. The smallest absolute Gasteiger partial charge is 0.141 e. The third-order valence-electron chi connectivity index (χ3n) is 3.66. The number of benzene rings is 1. The molecular weight excluding hydrogens is 258 g/mol. The number of rotatable bonds is 2. The normalized spacial score (nSPS) is 10.4. The highest BCUT2D eigenvalue weighted by atomic mass is 14.9. The summed E-state index contributed by atoms with van der Waals surface area (Å²) in [5.74, 6) is 6.55. The Hall–Kier alpha value is -2.60. The van der Waals surface area contributed by atoms with Gasteiger partial charge in [0.2, 0.25) is 0 Å². The van der Waals surface area contributed by atoms with Gasteiger partial charge in [0, 0.05) is 11.8 Å². The van der Waals surface area contributed by atoms with E-state index in [9.17, 15) is 0 Å². The molecule has 0 aliphatic heterocycles. The molecule has 0 aliphatic carbocycles. The van der Waals surface area contributed by atoms with E-state index >= 15 is 0 Å². The maximum Gasteiger partial charge on any atom is 0.141 e. The SMILES string of the molecule is CCc1cccc(CC)c1C#Cc1ncnc2[nH]ccc12. The van der Waals surface area contributed by atoms with E-state index in [0.717, 1.165) is 35.1 Å². The third-order valence-corrected chi connectivity index (χ3v) is 3.66. The first-order chi connectivity index (χ1) is 10.3. The fourth-order valence-electron chi connectivity index (χ4n) is 2.50. The van der Waals surface area contributed by atoms with Crippen LogP contribution in [0.2, 0.25) is 0 Å². The molecule has 104 valence electrons. The van der Waals surface area contributed by atoms with E-state index in [2.05, 4.69) is 58.8 Å². The topological polar surface area (TPSA) is 41.6 Å². The Morgan fingerprint density at radius 3 is 2.48 bits per heavy atom. The van der Waals surface area contributed by atoms with Gasteiger partial charge in [0.25, 0.3) is 0 Å². The zero-order valence-corrected chi connectivity index (χ0v) is 12.3. The number of fused-ring (bicyclic) bond motifs is 1. The van der Waals surface area contributed by atoms with Crippen molar-refractivity contribution in [3.05, 3.63) is 59.2 Å². The molecule has 3 rings (SSSR count). The lowest BCUT2D eigenvalue weighted by Crippen LogP contribution is -1.94. The molecule has 0 atom stereocenters. The summed E-state index contributed by atoms with van der Waals surface area (Å²) < 4.78 is 0. The molecule has 1 aromatic carbocycles. The molecule has 3 heteroatoms. The van der Waals surface area contributed by atoms with E-state index in [0.29, 0.717) is 0 Å². The second-order valence-electron chi connectivity index (χ2n) is 4.87. The van der Waals surface area contributed by atoms with Crippen LogP contribution in [0.3, 0.4) is 0 Å². The molecule has 0 amide bonds. The Labute approximate surface area is 124 Å². The monoisotopic (exact) mass is 275 g/mol. The van der Waals surface area contributed by atoms with Crippen LogP contribution in [0.15, 0.2) is 36.8 Å². The first-order valence-corrected chi connectivity index (χ1v) is 7.24. The van der Waals surface area contributed by atoms with Gasteiger partial charge in [-0.2, -0.15) is 0 Å². The van der Waals surface area contributed by atoms with E-state index in [1.165, 1.54) is 11.1 Å². The van der Waals surface area contributed by atoms with Crippen LogP contribution in [-0.4, -0.2) is 15.0 Å². The molecule has 21 heavy (non-hydrogen) atoms. The van der Waals surface area contributed by atoms with Crippen molar-refractivity contribution in [3.8, 4) is 11.8 Å². The Kier molecular flexibility index (Phi) is 3.70.